The molecule has 0 aliphatic heterocycles. The second-order valence-electron chi connectivity index (χ2n) is 2.97. The van der Waals surface area contributed by atoms with Crippen molar-refractivity contribution in [3.8, 4) is 0 Å². The van der Waals surface area contributed by atoms with Crippen molar-refractivity contribution in [2.45, 2.75) is 6.42 Å². The van der Waals surface area contributed by atoms with Crippen LogP contribution >= 0.6 is 0 Å². The number of ether oxygens (including phenoxy) is 1. The lowest BCUT2D eigenvalue weighted by molar-refractivity contribution is 0.0948. The molecule has 0 aliphatic rings. The minimum absolute atomic E-state index is 0.278. The van der Waals surface area contributed by atoms with E-state index in [0.717, 1.165) is 12.5 Å². The van der Waals surface area contributed by atoms with Crippen molar-refractivity contribution < 1.29 is 13.9 Å². The van der Waals surface area contributed by atoms with Gasteiger partial charge >= 0.3 is 0 Å². The summed E-state index contributed by atoms with van der Waals surface area (Å²) in [4.78, 5) is 14.8. The highest BCUT2D eigenvalue weighted by molar-refractivity contribution is 5.93. The average molecular weight is 212 g/mol. The highest BCUT2D eigenvalue weighted by Gasteiger charge is 2.05. The molecule has 0 fully saturated rings. The van der Waals surface area contributed by atoms with Gasteiger partial charge in [0, 0.05) is 38.1 Å². The Labute approximate surface area is 87.5 Å². The lowest BCUT2D eigenvalue weighted by atomic mass is 10.2. The third-order valence-corrected chi connectivity index (χ3v) is 1.80. The van der Waals surface area contributed by atoms with Gasteiger partial charge in [-0.05, 0) is 12.5 Å². The van der Waals surface area contributed by atoms with Gasteiger partial charge in [-0.1, -0.05) is 0 Å². The summed E-state index contributed by atoms with van der Waals surface area (Å²) < 4.78 is 17.5. The first-order valence-electron chi connectivity index (χ1n) is 4.62. The van der Waals surface area contributed by atoms with E-state index in [9.17, 15) is 9.18 Å². The van der Waals surface area contributed by atoms with Crippen LogP contribution in [0.5, 0.6) is 0 Å². The molecular weight excluding hydrogens is 199 g/mol. The number of carbonyl (C=O) groups excluding carboxylic acids is 1. The number of hydrogen-bond donors (Lipinski definition) is 1. The summed E-state index contributed by atoms with van der Waals surface area (Å²) in [6, 6.07) is 2.57. The van der Waals surface area contributed by atoms with Gasteiger partial charge in [-0.25, -0.2) is 4.98 Å². The van der Waals surface area contributed by atoms with Crippen LogP contribution in [0.1, 0.15) is 16.8 Å². The van der Waals surface area contributed by atoms with E-state index in [2.05, 4.69) is 10.3 Å². The highest BCUT2D eigenvalue weighted by atomic mass is 19.1. The first-order valence-corrected chi connectivity index (χ1v) is 4.62. The number of carbonyl (C=O) groups is 1. The maximum absolute atomic E-state index is 12.7. The summed E-state index contributed by atoms with van der Waals surface area (Å²) in [6.07, 6.45) is 2.00. The van der Waals surface area contributed by atoms with Crippen molar-refractivity contribution in [3.05, 3.63) is 29.8 Å². The predicted molar refractivity (Wildman–Crippen MR) is 53.0 cm³/mol. The zero-order valence-corrected chi connectivity index (χ0v) is 8.50. The summed E-state index contributed by atoms with van der Waals surface area (Å²) in [7, 11) is 1.60. The van der Waals surface area contributed by atoms with Crippen LogP contribution in [0.25, 0.3) is 0 Å². The fourth-order valence-corrected chi connectivity index (χ4v) is 1.06. The van der Waals surface area contributed by atoms with Crippen molar-refractivity contribution in [1.82, 2.24) is 10.3 Å². The van der Waals surface area contributed by atoms with Crippen LogP contribution in [0.4, 0.5) is 4.39 Å². The lowest BCUT2D eigenvalue weighted by Gasteiger charge is -2.04. The molecule has 15 heavy (non-hydrogen) atoms. The van der Waals surface area contributed by atoms with Gasteiger partial charge in [-0.3, -0.25) is 4.79 Å². The van der Waals surface area contributed by atoms with Crippen molar-refractivity contribution in [3.63, 3.8) is 0 Å². The third-order valence-electron chi connectivity index (χ3n) is 1.80. The number of aromatic nitrogens is 1. The molecule has 1 aromatic rings. The molecule has 1 aromatic heterocycles. The van der Waals surface area contributed by atoms with Crippen molar-refractivity contribution >= 4 is 5.91 Å². The Hall–Kier alpha value is -1.49. The Balaban J connectivity index is 2.40. The summed E-state index contributed by atoms with van der Waals surface area (Å²) in [6.45, 7) is 1.10. The second-order valence-corrected chi connectivity index (χ2v) is 2.97. The second kappa shape index (κ2) is 6.08. The smallest absolute Gasteiger partial charge is 0.251 e. The van der Waals surface area contributed by atoms with E-state index in [1.807, 2.05) is 0 Å². The van der Waals surface area contributed by atoms with Crippen LogP contribution in [-0.4, -0.2) is 31.2 Å². The molecule has 1 amide bonds. The Bertz CT molecular complexity index is 331. The van der Waals surface area contributed by atoms with Gasteiger partial charge in [0.25, 0.3) is 5.91 Å². The van der Waals surface area contributed by atoms with Crippen LogP contribution in [-0.2, 0) is 4.74 Å². The first kappa shape index (κ1) is 11.6. The molecule has 4 nitrogen and oxygen atoms in total. The predicted octanol–water partition coefficient (Wildman–Crippen LogP) is 0.987. The molecule has 0 saturated carbocycles. The van der Waals surface area contributed by atoms with Gasteiger partial charge in [0.1, 0.15) is 0 Å². The zero-order valence-electron chi connectivity index (χ0n) is 8.50. The van der Waals surface area contributed by atoms with E-state index in [4.69, 9.17) is 4.74 Å². The first-order chi connectivity index (χ1) is 7.24. The molecule has 1 heterocycles. The molecule has 0 saturated heterocycles. The number of nitrogens with one attached hydrogen (secondary N) is 1. The topological polar surface area (TPSA) is 51.2 Å². The summed E-state index contributed by atoms with van der Waals surface area (Å²) in [5.74, 6) is -0.952. The van der Waals surface area contributed by atoms with Gasteiger partial charge < -0.3 is 10.1 Å². The van der Waals surface area contributed by atoms with Crippen LogP contribution in [0.2, 0.25) is 0 Å². The van der Waals surface area contributed by atoms with Crippen molar-refractivity contribution in [2.75, 3.05) is 20.3 Å². The van der Waals surface area contributed by atoms with E-state index in [1.165, 1.54) is 12.3 Å². The molecule has 0 unspecified atom stereocenters. The van der Waals surface area contributed by atoms with Gasteiger partial charge in [-0.2, -0.15) is 4.39 Å². The molecular formula is C10H13FN2O2. The van der Waals surface area contributed by atoms with Crippen LogP contribution in [0.3, 0.4) is 0 Å². The molecule has 5 heteroatoms. The van der Waals surface area contributed by atoms with Gasteiger partial charge in [-0.15, -0.1) is 0 Å². The van der Waals surface area contributed by atoms with E-state index in [-0.39, 0.29) is 11.5 Å². The molecule has 82 valence electrons. The molecule has 0 aliphatic carbocycles. The SMILES string of the molecule is COCCCNC(=O)c1ccnc(F)c1. The molecule has 0 bridgehead atoms. The third kappa shape index (κ3) is 4.03. The lowest BCUT2D eigenvalue weighted by Crippen LogP contribution is -2.25. The molecule has 1 rings (SSSR count). The molecule has 0 radical (unpaired) electrons. The quantitative estimate of drug-likeness (QED) is 0.585. The molecule has 1 N–H and O–H groups in total. The van der Waals surface area contributed by atoms with Gasteiger partial charge in [0.05, 0.1) is 0 Å². The van der Waals surface area contributed by atoms with Crippen LogP contribution in [0.15, 0.2) is 18.3 Å². The maximum Gasteiger partial charge on any atom is 0.251 e. The molecule has 0 aromatic carbocycles. The van der Waals surface area contributed by atoms with Gasteiger partial charge in [0.15, 0.2) is 0 Å². The Morgan fingerprint density at radius 3 is 3.13 bits per heavy atom. The number of rotatable bonds is 5. The monoisotopic (exact) mass is 212 g/mol. The van der Waals surface area contributed by atoms with Crippen molar-refractivity contribution in [2.24, 2.45) is 0 Å². The number of amides is 1. The summed E-state index contributed by atoms with van der Waals surface area (Å²) in [5.41, 5.74) is 0.278. The molecule has 0 atom stereocenters. The highest BCUT2D eigenvalue weighted by Crippen LogP contribution is 1.99. The number of hydrogen-bond acceptors (Lipinski definition) is 3. The fraction of sp³-hybridized carbons (Fsp3) is 0.400. The Morgan fingerprint density at radius 2 is 2.47 bits per heavy atom. The summed E-state index contributed by atoms with van der Waals surface area (Å²) >= 11 is 0. The number of nitrogens with zero attached hydrogens (tertiary/aromatic N) is 1. The van der Waals surface area contributed by atoms with Crippen LogP contribution < -0.4 is 5.32 Å². The van der Waals surface area contributed by atoms with Crippen LogP contribution in [0, 0.1) is 5.95 Å². The largest absolute Gasteiger partial charge is 0.385 e. The number of halogens is 1. The summed E-state index contributed by atoms with van der Waals surface area (Å²) in [5, 5.41) is 2.65. The van der Waals surface area contributed by atoms with E-state index >= 15 is 0 Å². The number of methoxy groups -OCH3 is 1. The Kier molecular flexibility index (Phi) is 4.70. The molecule has 0 spiro atoms. The van der Waals surface area contributed by atoms with E-state index < -0.39 is 5.95 Å². The van der Waals surface area contributed by atoms with Gasteiger partial charge in [0.2, 0.25) is 5.95 Å². The fourth-order valence-electron chi connectivity index (χ4n) is 1.06. The number of pyridine rings is 1. The average Bonchev–Trinajstić information content (AvgIpc) is 2.24. The Morgan fingerprint density at radius 1 is 1.67 bits per heavy atom. The minimum atomic E-state index is -0.653. The zero-order chi connectivity index (χ0) is 11.1. The van der Waals surface area contributed by atoms with E-state index in [0.29, 0.717) is 13.2 Å². The minimum Gasteiger partial charge on any atom is -0.385 e. The normalized spacial score (nSPS) is 10.0. The van der Waals surface area contributed by atoms with Crippen molar-refractivity contribution in [1.29, 1.82) is 0 Å². The maximum atomic E-state index is 12.7. The standard InChI is InChI=1S/C10H13FN2O2/c1-15-6-2-4-13-10(14)8-3-5-12-9(11)7-8/h3,5,7H,2,4,6H2,1H3,(H,13,14). The van der Waals surface area contributed by atoms with E-state index in [1.54, 1.807) is 7.11 Å².